The predicted octanol–water partition coefficient (Wildman–Crippen LogP) is 0.538. The predicted molar refractivity (Wildman–Crippen MR) is 76.4 cm³/mol. The van der Waals surface area contributed by atoms with Gasteiger partial charge in [0.05, 0.1) is 6.54 Å². The second-order valence-electron chi connectivity index (χ2n) is 4.84. The van der Waals surface area contributed by atoms with E-state index in [0.29, 0.717) is 5.56 Å². The molecular weight excluding hydrogens is 312 g/mol. The van der Waals surface area contributed by atoms with Crippen LogP contribution in [0.25, 0.3) is 0 Å². The van der Waals surface area contributed by atoms with Gasteiger partial charge in [0.1, 0.15) is 6.61 Å². The fourth-order valence-electron chi connectivity index (χ4n) is 1.53. The van der Waals surface area contributed by atoms with Crippen LogP contribution in [0.5, 0.6) is 0 Å². The molecule has 3 amide bonds. The number of alkyl halides is 2. The maximum absolute atomic E-state index is 13.1. The van der Waals surface area contributed by atoms with Gasteiger partial charge in [-0.25, -0.2) is 13.6 Å². The number of nitrogens with one attached hydrogen (secondary N) is 2. The summed E-state index contributed by atoms with van der Waals surface area (Å²) < 4.78 is 31.1. The van der Waals surface area contributed by atoms with E-state index in [1.807, 2.05) is 10.6 Å². The summed E-state index contributed by atoms with van der Waals surface area (Å²) in [7, 11) is 0. The van der Waals surface area contributed by atoms with Gasteiger partial charge in [0.2, 0.25) is 5.91 Å². The zero-order valence-corrected chi connectivity index (χ0v) is 12.3. The summed E-state index contributed by atoms with van der Waals surface area (Å²) in [4.78, 5) is 34.0. The minimum atomic E-state index is -3.22. The number of hydrogen-bond acceptors (Lipinski definition) is 4. The van der Waals surface area contributed by atoms with Crippen molar-refractivity contribution in [1.82, 2.24) is 10.6 Å². The molecule has 0 saturated carbocycles. The standard InChI is InChI=1S/C14H17F2N3O4/c1-14(11(15)16,12(21)18-7-10(17)20)19-13(22)23-8-9-5-3-2-4-6-9/h2-6,11H,7-8H2,1H3,(H2,17,20)(H,18,21)(H,19,22). The lowest BCUT2D eigenvalue weighted by molar-refractivity contribution is -0.134. The third-order valence-electron chi connectivity index (χ3n) is 2.91. The van der Waals surface area contributed by atoms with E-state index < -0.39 is 36.4 Å². The van der Waals surface area contributed by atoms with Gasteiger partial charge >= 0.3 is 6.09 Å². The number of rotatable bonds is 7. The molecule has 23 heavy (non-hydrogen) atoms. The highest BCUT2D eigenvalue weighted by atomic mass is 19.3. The number of hydrogen-bond donors (Lipinski definition) is 3. The van der Waals surface area contributed by atoms with Crippen molar-refractivity contribution in [1.29, 1.82) is 0 Å². The third kappa shape index (κ3) is 5.53. The zero-order chi connectivity index (χ0) is 17.5. The molecule has 0 aliphatic rings. The number of carbonyl (C=O) groups excluding carboxylic acids is 3. The van der Waals surface area contributed by atoms with Gasteiger partial charge < -0.3 is 21.1 Å². The molecule has 126 valence electrons. The Labute approximate surface area is 131 Å². The zero-order valence-electron chi connectivity index (χ0n) is 12.3. The average molecular weight is 329 g/mol. The lowest BCUT2D eigenvalue weighted by Gasteiger charge is -2.27. The molecule has 0 bridgehead atoms. The Morgan fingerprint density at radius 1 is 1.26 bits per heavy atom. The van der Waals surface area contributed by atoms with Crippen molar-refractivity contribution in [3.8, 4) is 0 Å². The molecule has 1 rings (SSSR count). The van der Waals surface area contributed by atoms with Crippen LogP contribution in [0, 0.1) is 0 Å². The highest BCUT2D eigenvalue weighted by molar-refractivity contribution is 5.92. The summed E-state index contributed by atoms with van der Waals surface area (Å²) >= 11 is 0. The van der Waals surface area contributed by atoms with E-state index in [1.165, 1.54) is 0 Å². The SMILES string of the molecule is CC(NC(=O)OCc1ccccc1)(C(=O)NCC(N)=O)C(F)F. The molecule has 0 radical (unpaired) electrons. The molecule has 1 unspecified atom stereocenters. The van der Waals surface area contributed by atoms with E-state index in [2.05, 4.69) is 0 Å². The van der Waals surface area contributed by atoms with E-state index in [-0.39, 0.29) is 6.61 Å². The first-order valence-corrected chi connectivity index (χ1v) is 6.59. The molecule has 0 fully saturated rings. The van der Waals surface area contributed by atoms with Crippen LogP contribution in [-0.4, -0.2) is 36.4 Å². The lowest BCUT2D eigenvalue weighted by Crippen LogP contribution is -2.62. The summed E-state index contributed by atoms with van der Waals surface area (Å²) in [6, 6.07) is 8.56. The highest BCUT2D eigenvalue weighted by Crippen LogP contribution is 2.16. The summed E-state index contributed by atoms with van der Waals surface area (Å²) in [5.74, 6) is -2.15. The molecule has 1 aromatic carbocycles. The Balaban J connectivity index is 2.65. The molecule has 1 aromatic rings. The van der Waals surface area contributed by atoms with Crippen LogP contribution < -0.4 is 16.4 Å². The van der Waals surface area contributed by atoms with Crippen molar-refractivity contribution in [3.63, 3.8) is 0 Å². The Kier molecular flexibility index (Phi) is 6.43. The minimum Gasteiger partial charge on any atom is -0.445 e. The van der Waals surface area contributed by atoms with Crippen LogP contribution in [0.2, 0.25) is 0 Å². The van der Waals surface area contributed by atoms with Gasteiger partial charge in [0.25, 0.3) is 12.3 Å². The molecule has 9 heteroatoms. The Hall–Kier alpha value is -2.71. The fraction of sp³-hybridized carbons (Fsp3) is 0.357. The average Bonchev–Trinajstić information content (AvgIpc) is 2.51. The van der Waals surface area contributed by atoms with Crippen molar-refractivity contribution in [3.05, 3.63) is 35.9 Å². The Bertz CT molecular complexity index is 568. The molecule has 0 saturated heterocycles. The molecule has 0 aliphatic carbocycles. The Morgan fingerprint density at radius 3 is 2.39 bits per heavy atom. The van der Waals surface area contributed by atoms with Gasteiger partial charge in [0, 0.05) is 0 Å². The van der Waals surface area contributed by atoms with Gasteiger partial charge in [-0.05, 0) is 12.5 Å². The van der Waals surface area contributed by atoms with Gasteiger partial charge in [0.15, 0.2) is 5.54 Å². The molecule has 0 aliphatic heterocycles. The normalized spacial score (nSPS) is 13.0. The van der Waals surface area contributed by atoms with E-state index in [4.69, 9.17) is 10.5 Å². The number of halogens is 2. The quantitative estimate of drug-likeness (QED) is 0.678. The lowest BCUT2D eigenvalue weighted by atomic mass is 10.0. The Morgan fingerprint density at radius 2 is 1.87 bits per heavy atom. The molecule has 1 atom stereocenters. The smallest absolute Gasteiger partial charge is 0.408 e. The molecular formula is C14H17F2N3O4. The van der Waals surface area contributed by atoms with Crippen LogP contribution in [0.3, 0.4) is 0 Å². The van der Waals surface area contributed by atoms with E-state index in [1.54, 1.807) is 30.3 Å². The molecule has 4 N–H and O–H groups in total. The number of alkyl carbamates (subject to hydrolysis) is 1. The summed E-state index contributed by atoms with van der Waals surface area (Å²) in [5.41, 5.74) is 2.92. The monoisotopic (exact) mass is 329 g/mol. The van der Waals surface area contributed by atoms with Crippen molar-refractivity contribution in [2.45, 2.75) is 25.5 Å². The number of primary amides is 1. The van der Waals surface area contributed by atoms with Gasteiger partial charge in [-0.2, -0.15) is 0 Å². The summed E-state index contributed by atoms with van der Waals surface area (Å²) in [5, 5.41) is 3.73. The van der Waals surface area contributed by atoms with Crippen molar-refractivity contribution < 1.29 is 27.9 Å². The van der Waals surface area contributed by atoms with E-state index in [9.17, 15) is 23.2 Å². The second kappa shape index (κ2) is 8.06. The summed E-state index contributed by atoms with van der Waals surface area (Å²) in [6.07, 6.45) is -4.41. The van der Waals surface area contributed by atoms with Crippen molar-refractivity contribution in [2.24, 2.45) is 5.73 Å². The van der Waals surface area contributed by atoms with Crippen molar-refractivity contribution in [2.75, 3.05) is 6.54 Å². The third-order valence-corrected chi connectivity index (χ3v) is 2.91. The maximum atomic E-state index is 13.1. The number of carbonyl (C=O) groups is 3. The molecule has 0 heterocycles. The fourth-order valence-corrected chi connectivity index (χ4v) is 1.53. The molecule has 0 spiro atoms. The van der Waals surface area contributed by atoms with Crippen LogP contribution in [0.15, 0.2) is 30.3 Å². The topological polar surface area (TPSA) is 111 Å². The first-order chi connectivity index (χ1) is 10.8. The second-order valence-corrected chi connectivity index (χ2v) is 4.84. The molecule has 7 nitrogen and oxygen atoms in total. The van der Waals surface area contributed by atoms with Crippen LogP contribution in [0.4, 0.5) is 13.6 Å². The van der Waals surface area contributed by atoms with Gasteiger partial charge in [-0.15, -0.1) is 0 Å². The minimum absolute atomic E-state index is 0.144. The van der Waals surface area contributed by atoms with Crippen LogP contribution in [0.1, 0.15) is 12.5 Å². The van der Waals surface area contributed by atoms with E-state index in [0.717, 1.165) is 6.92 Å². The van der Waals surface area contributed by atoms with E-state index >= 15 is 0 Å². The van der Waals surface area contributed by atoms with Crippen LogP contribution >= 0.6 is 0 Å². The first-order valence-electron chi connectivity index (χ1n) is 6.59. The highest BCUT2D eigenvalue weighted by Gasteiger charge is 2.44. The first kappa shape index (κ1) is 18.3. The van der Waals surface area contributed by atoms with Gasteiger partial charge in [-0.3, -0.25) is 9.59 Å². The largest absolute Gasteiger partial charge is 0.445 e. The number of nitrogens with two attached hydrogens (primary N) is 1. The summed E-state index contributed by atoms with van der Waals surface area (Å²) in [6.45, 7) is 0.0502. The molecule has 0 aromatic heterocycles. The number of benzene rings is 1. The number of ether oxygens (including phenoxy) is 1. The van der Waals surface area contributed by atoms with Crippen LogP contribution in [-0.2, 0) is 20.9 Å². The van der Waals surface area contributed by atoms with Gasteiger partial charge in [-0.1, -0.05) is 30.3 Å². The number of amides is 3. The maximum Gasteiger partial charge on any atom is 0.408 e. The van der Waals surface area contributed by atoms with Crippen molar-refractivity contribution >= 4 is 17.9 Å².